The molecule has 0 spiro atoms. The summed E-state index contributed by atoms with van der Waals surface area (Å²) in [6, 6.07) is 1.55. The lowest BCUT2D eigenvalue weighted by atomic mass is 10.2. The molecule has 1 aromatic rings. The summed E-state index contributed by atoms with van der Waals surface area (Å²) in [5.41, 5.74) is 0.864. The molecule has 1 amide bonds. The van der Waals surface area contributed by atoms with Crippen molar-refractivity contribution in [3.63, 3.8) is 0 Å². The smallest absolute Gasteiger partial charge is 0.245 e. The molecule has 2 heterocycles. The lowest BCUT2D eigenvalue weighted by Crippen LogP contribution is -2.54. The highest BCUT2D eigenvalue weighted by molar-refractivity contribution is 5.85. The first-order valence-corrected chi connectivity index (χ1v) is 7.31. The van der Waals surface area contributed by atoms with Crippen molar-refractivity contribution in [2.24, 2.45) is 0 Å². The highest BCUT2D eigenvalue weighted by Crippen LogP contribution is 2.20. The van der Waals surface area contributed by atoms with Gasteiger partial charge in [-0.2, -0.15) is 4.98 Å². The van der Waals surface area contributed by atoms with Crippen LogP contribution in [0.1, 0.15) is 19.0 Å². The minimum absolute atomic E-state index is 0.0150. The van der Waals surface area contributed by atoms with E-state index in [-0.39, 0.29) is 11.9 Å². The number of amides is 1. The van der Waals surface area contributed by atoms with E-state index in [1.165, 1.54) is 0 Å². The van der Waals surface area contributed by atoms with Crippen molar-refractivity contribution in [1.82, 2.24) is 15.3 Å². The molecule has 1 saturated heterocycles. The van der Waals surface area contributed by atoms with E-state index in [0.717, 1.165) is 17.9 Å². The van der Waals surface area contributed by atoms with Gasteiger partial charge in [0.2, 0.25) is 11.9 Å². The normalized spacial score (nSPS) is 18.4. The van der Waals surface area contributed by atoms with E-state index in [2.05, 4.69) is 20.6 Å². The van der Waals surface area contributed by atoms with Crippen LogP contribution in [0.15, 0.2) is 6.07 Å². The van der Waals surface area contributed by atoms with Crippen LogP contribution in [0.25, 0.3) is 0 Å². The molecule has 0 aliphatic carbocycles. The van der Waals surface area contributed by atoms with E-state index in [1.54, 1.807) is 7.05 Å². The molecule has 116 valence electrons. The molecule has 1 fully saturated rings. The van der Waals surface area contributed by atoms with Crippen LogP contribution in [-0.2, 0) is 9.53 Å². The molecule has 7 heteroatoms. The van der Waals surface area contributed by atoms with Crippen molar-refractivity contribution in [1.29, 1.82) is 0 Å². The molecule has 0 aromatic carbocycles. The number of hydrogen-bond donors (Lipinski definition) is 2. The summed E-state index contributed by atoms with van der Waals surface area (Å²) < 4.78 is 5.46. The number of nitrogens with one attached hydrogen (secondary N) is 2. The van der Waals surface area contributed by atoms with Crippen molar-refractivity contribution in [2.45, 2.75) is 26.3 Å². The molecule has 1 unspecified atom stereocenters. The molecule has 0 bridgehead atoms. The number of carbonyl (C=O) groups excluding carboxylic acids is 1. The Balaban J connectivity index is 2.21. The van der Waals surface area contributed by atoms with Gasteiger partial charge in [-0.25, -0.2) is 4.98 Å². The predicted molar refractivity (Wildman–Crippen MR) is 81.6 cm³/mol. The van der Waals surface area contributed by atoms with Gasteiger partial charge in [-0.15, -0.1) is 0 Å². The fourth-order valence-electron chi connectivity index (χ4n) is 2.27. The number of morpholine rings is 1. The molecular weight excluding hydrogens is 270 g/mol. The summed E-state index contributed by atoms with van der Waals surface area (Å²) in [5, 5.41) is 5.87. The van der Waals surface area contributed by atoms with Crippen molar-refractivity contribution < 1.29 is 9.53 Å². The molecule has 21 heavy (non-hydrogen) atoms. The number of hydrogen-bond acceptors (Lipinski definition) is 6. The van der Waals surface area contributed by atoms with E-state index >= 15 is 0 Å². The minimum Gasteiger partial charge on any atom is -0.377 e. The zero-order valence-electron chi connectivity index (χ0n) is 12.8. The van der Waals surface area contributed by atoms with E-state index in [9.17, 15) is 4.79 Å². The Morgan fingerprint density at radius 1 is 1.52 bits per heavy atom. The van der Waals surface area contributed by atoms with Gasteiger partial charge in [-0.3, -0.25) is 4.79 Å². The van der Waals surface area contributed by atoms with Crippen LogP contribution in [-0.4, -0.2) is 55.3 Å². The van der Waals surface area contributed by atoms with Crippen LogP contribution in [0.3, 0.4) is 0 Å². The maximum absolute atomic E-state index is 12.3. The molecule has 1 atom stereocenters. The Hall–Kier alpha value is -1.89. The fourth-order valence-corrected chi connectivity index (χ4v) is 2.27. The quantitative estimate of drug-likeness (QED) is 0.826. The Bertz CT molecular complexity index is 494. The molecule has 2 rings (SSSR count). The van der Waals surface area contributed by atoms with Crippen LogP contribution < -0.4 is 15.5 Å². The van der Waals surface area contributed by atoms with Gasteiger partial charge in [-0.1, -0.05) is 6.92 Å². The fraction of sp³-hybridized carbons (Fsp3) is 0.643. The van der Waals surface area contributed by atoms with E-state index < -0.39 is 0 Å². The minimum atomic E-state index is -0.343. The van der Waals surface area contributed by atoms with Gasteiger partial charge in [0.1, 0.15) is 11.9 Å². The summed E-state index contributed by atoms with van der Waals surface area (Å²) in [6.07, 6.45) is 0.913. The number of aryl methyl sites for hydroxylation is 1. The number of nitrogens with zero attached hydrogens (tertiary/aromatic N) is 3. The first-order valence-electron chi connectivity index (χ1n) is 7.31. The zero-order valence-corrected chi connectivity index (χ0v) is 12.8. The first kappa shape index (κ1) is 15.5. The van der Waals surface area contributed by atoms with Gasteiger partial charge in [0.25, 0.3) is 0 Å². The monoisotopic (exact) mass is 293 g/mol. The number of rotatable bonds is 5. The average Bonchev–Trinajstić information content (AvgIpc) is 2.51. The van der Waals surface area contributed by atoms with Crippen LogP contribution in [0.4, 0.5) is 11.8 Å². The van der Waals surface area contributed by atoms with Gasteiger partial charge in [0.05, 0.1) is 13.2 Å². The molecule has 1 aliphatic rings. The summed E-state index contributed by atoms with van der Waals surface area (Å²) in [6.45, 7) is 6.24. The summed E-state index contributed by atoms with van der Waals surface area (Å²) in [5.74, 6) is 1.30. The van der Waals surface area contributed by atoms with Gasteiger partial charge in [-0.05, 0) is 13.3 Å². The largest absolute Gasteiger partial charge is 0.377 e. The third kappa shape index (κ3) is 3.81. The van der Waals surface area contributed by atoms with Crippen LogP contribution in [0.5, 0.6) is 0 Å². The second-order valence-corrected chi connectivity index (χ2v) is 5.02. The number of carbonyl (C=O) groups is 1. The molecule has 2 N–H and O–H groups in total. The highest BCUT2D eigenvalue weighted by atomic mass is 16.5. The number of aromatic nitrogens is 2. The summed E-state index contributed by atoms with van der Waals surface area (Å²) in [4.78, 5) is 23.0. The summed E-state index contributed by atoms with van der Waals surface area (Å²) >= 11 is 0. The third-order valence-corrected chi connectivity index (χ3v) is 3.34. The topological polar surface area (TPSA) is 79.4 Å². The zero-order chi connectivity index (χ0) is 15.2. The highest BCUT2D eigenvalue weighted by Gasteiger charge is 2.30. The van der Waals surface area contributed by atoms with E-state index in [1.807, 2.05) is 24.8 Å². The van der Waals surface area contributed by atoms with Crippen LogP contribution in [0, 0.1) is 6.92 Å². The molecule has 7 nitrogen and oxygen atoms in total. The predicted octanol–water partition coefficient (Wildman–Crippen LogP) is 0.558. The first-order chi connectivity index (χ1) is 10.2. The van der Waals surface area contributed by atoms with Crippen LogP contribution in [0.2, 0.25) is 0 Å². The van der Waals surface area contributed by atoms with Gasteiger partial charge in [0.15, 0.2) is 0 Å². The standard InChI is InChI=1S/C14H23N5O2/c1-4-5-16-13(20)11-9-21-7-6-19(11)12-8-10(2)17-14(15-3)18-12/h8,11H,4-7,9H2,1-3H3,(H,16,20)(H,15,17,18). The van der Waals surface area contributed by atoms with Crippen molar-refractivity contribution >= 4 is 17.7 Å². The van der Waals surface area contributed by atoms with E-state index in [0.29, 0.717) is 32.3 Å². The Kier molecular flexibility index (Phi) is 5.32. The van der Waals surface area contributed by atoms with Crippen molar-refractivity contribution in [3.8, 4) is 0 Å². The second kappa shape index (κ2) is 7.21. The molecule has 1 aromatic heterocycles. The molecule has 0 radical (unpaired) electrons. The lowest BCUT2D eigenvalue weighted by Gasteiger charge is -2.35. The van der Waals surface area contributed by atoms with Gasteiger partial charge in [0, 0.05) is 31.9 Å². The second-order valence-electron chi connectivity index (χ2n) is 5.02. The lowest BCUT2D eigenvalue weighted by molar-refractivity contribution is -0.124. The van der Waals surface area contributed by atoms with Crippen LogP contribution >= 0.6 is 0 Å². The molecular formula is C14H23N5O2. The molecule has 0 saturated carbocycles. The molecule has 1 aliphatic heterocycles. The number of ether oxygens (including phenoxy) is 1. The van der Waals surface area contributed by atoms with Gasteiger partial charge >= 0.3 is 0 Å². The maximum Gasteiger partial charge on any atom is 0.245 e. The average molecular weight is 293 g/mol. The Labute approximate surface area is 125 Å². The Morgan fingerprint density at radius 2 is 2.33 bits per heavy atom. The van der Waals surface area contributed by atoms with Crippen molar-refractivity contribution in [2.75, 3.05) is 43.6 Å². The Morgan fingerprint density at radius 3 is 3.05 bits per heavy atom. The third-order valence-electron chi connectivity index (χ3n) is 3.34. The van der Waals surface area contributed by atoms with Crippen molar-refractivity contribution in [3.05, 3.63) is 11.8 Å². The van der Waals surface area contributed by atoms with E-state index in [4.69, 9.17) is 4.74 Å². The maximum atomic E-state index is 12.3. The summed E-state index contributed by atoms with van der Waals surface area (Å²) in [7, 11) is 1.78. The SMILES string of the molecule is CCCNC(=O)C1COCCN1c1cc(C)nc(NC)n1. The number of anilines is 2. The van der Waals surface area contributed by atoms with Gasteiger partial charge < -0.3 is 20.3 Å².